The van der Waals surface area contributed by atoms with Crippen molar-refractivity contribution in [3.8, 4) is 0 Å². The lowest BCUT2D eigenvalue weighted by Gasteiger charge is -2.23. The minimum absolute atomic E-state index is 0.0531. The monoisotopic (exact) mass is 437 g/mol. The van der Waals surface area contributed by atoms with E-state index in [0.717, 1.165) is 39.0 Å². The highest BCUT2D eigenvalue weighted by atomic mass is 16.2. The van der Waals surface area contributed by atoms with E-state index in [-0.39, 0.29) is 5.91 Å². The van der Waals surface area contributed by atoms with Crippen molar-refractivity contribution in [3.05, 3.63) is 94.6 Å². The van der Waals surface area contributed by atoms with Gasteiger partial charge in [0.15, 0.2) is 0 Å². The Hall–Kier alpha value is -3.80. The average Bonchev–Trinajstić information content (AvgIpc) is 3.66. The Morgan fingerprint density at radius 3 is 2.61 bits per heavy atom. The standard InChI is InChI=1S/C27H27N5O/c1-17-4-3-11-29-25(17)16-32(15-19-5-9-23(30-14-19)20-6-7-20)27(33)21-8-10-24-22(13-21)12-18(2)26(28)31-24/h3-5,8-14,20H,6-7,15-16H2,1-2H3,(H2,28,31). The van der Waals surface area contributed by atoms with E-state index in [1.807, 2.05) is 61.3 Å². The van der Waals surface area contributed by atoms with Crippen molar-refractivity contribution in [1.82, 2.24) is 19.9 Å². The van der Waals surface area contributed by atoms with Crippen molar-refractivity contribution in [1.29, 1.82) is 0 Å². The summed E-state index contributed by atoms with van der Waals surface area (Å²) in [6, 6.07) is 15.7. The van der Waals surface area contributed by atoms with E-state index in [4.69, 9.17) is 5.73 Å². The van der Waals surface area contributed by atoms with Gasteiger partial charge in [0.05, 0.1) is 17.8 Å². The zero-order valence-corrected chi connectivity index (χ0v) is 19.0. The molecule has 0 saturated heterocycles. The lowest BCUT2D eigenvalue weighted by molar-refractivity contribution is 0.0727. The Kier molecular flexibility index (Phi) is 5.50. The first kappa shape index (κ1) is 21.1. The molecule has 1 fully saturated rings. The number of nitrogen functional groups attached to an aromatic ring is 1. The summed E-state index contributed by atoms with van der Waals surface area (Å²) in [6.45, 7) is 4.83. The maximum absolute atomic E-state index is 13.7. The summed E-state index contributed by atoms with van der Waals surface area (Å²) in [4.78, 5) is 29.1. The van der Waals surface area contributed by atoms with Crippen LogP contribution in [-0.4, -0.2) is 25.8 Å². The number of nitrogens with two attached hydrogens (primary N) is 1. The quantitative estimate of drug-likeness (QED) is 0.462. The van der Waals surface area contributed by atoms with Crippen LogP contribution in [-0.2, 0) is 13.1 Å². The van der Waals surface area contributed by atoms with Crippen LogP contribution in [0.5, 0.6) is 0 Å². The summed E-state index contributed by atoms with van der Waals surface area (Å²) in [5.74, 6) is 1.07. The fourth-order valence-electron chi connectivity index (χ4n) is 4.05. The molecular formula is C27H27N5O. The second-order valence-corrected chi connectivity index (χ2v) is 8.89. The van der Waals surface area contributed by atoms with Crippen LogP contribution in [0.2, 0.25) is 0 Å². The number of nitrogens with zero attached hydrogens (tertiary/aromatic N) is 4. The minimum atomic E-state index is -0.0531. The number of benzene rings is 1. The van der Waals surface area contributed by atoms with Crippen LogP contribution < -0.4 is 5.73 Å². The van der Waals surface area contributed by atoms with Crippen LogP contribution in [0.15, 0.2) is 60.9 Å². The number of hydrogen-bond donors (Lipinski definition) is 1. The molecular weight excluding hydrogens is 410 g/mol. The zero-order valence-electron chi connectivity index (χ0n) is 19.0. The summed E-state index contributed by atoms with van der Waals surface area (Å²) in [7, 11) is 0. The Morgan fingerprint density at radius 2 is 1.88 bits per heavy atom. The molecule has 3 aromatic heterocycles. The van der Waals surface area contributed by atoms with Crippen LogP contribution in [0.25, 0.3) is 10.9 Å². The third-order valence-corrected chi connectivity index (χ3v) is 6.25. The number of carbonyl (C=O) groups is 1. The van der Waals surface area contributed by atoms with E-state index in [0.29, 0.717) is 30.4 Å². The van der Waals surface area contributed by atoms with Gasteiger partial charge < -0.3 is 10.6 Å². The second-order valence-electron chi connectivity index (χ2n) is 8.89. The van der Waals surface area contributed by atoms with Gasteiger partial charge in [0, 0.05) is 41.5 Å². The summed E-state index contributed by atoms with van der Waals surface area (Å²) in [5.41, 5.74) is 12.3. The van der Waals surface area contributed by atoms with Crippen LogP contribution in [0, 0.1) is 13.8 Å². The number of aryl methyl sites for hydroxylation is 2. The molecule has 166 valence electrons. The molecule has 4 aromatic rings. The van der Waals surface area contributed by atoms with E-state index in [1.165, 1.54) is 12.8 Å². The Morgan fingerprint density at radius 1 is 1.03 bits per heavy atom. The number of pyridine rings is 3. The molecule has 1 aliphatic carbocycles. The van der Waals surface area contributed by atoms with Gasteiger partial charge in [0.2, 0.25) is 0 Å². The van der Waals surface area contributed by atoms with Gasteiger partial charge in [-0.25, -0.2) is 4.98 Å². The molecule has 1 saturated carbocycles. The number of amides is 1. The van der Waals surface area contributed by atoms with Gasteiger partial charge in [0.1, 0.15) is 5.82 Å². The molecule has 1 aromatic carbocycles. The highest BCUT2D eigenvalue weighted by molar-refractivity contribution is 5.98. The first-order chi connectivity index (χ1) is 16.0. The Balaban J connectivity index is 1.46. The van der Waals surface area contributed by atoms with Crippen molar-refractivity contribution in [2.24, 2.45) is 0 Å². The second kappa shape index (κ2) is 8.62. The Bertz CT molecular complexity index is 1330. The third-order valence-electron chi connectivity index (χ3n) is 6.25. The molecule has 3 heterocycles. The first-order valence-electron chi connectivity index (χ1n) is 11.3. The van der Waals surface area contributed by atoms with Crippen molar-refractivity contribution >= 4 is 22.6 Å². The van der Waals surface area contributed by atoms with E-state index >= 15 is 0 Å². The normalized spacial score (nSPS) is 13.3. The molecule has 0 aliphatic heterocycles. The van der Waals surface area contributed by atoms with Crippen molar-refractivity contribution < 1.29 is 4.79 Å². The van der Waals surface area contributed by atoms with Crippen LogP contribution in [0.1, 0.15) is 57.2 Å². The molecule has 0 bridgehead atoms. The maximum Gasteiger partial charge on any atom is 0.254 e. The van der Waals surface area contributed by atoms with Gasteiger partial charge in [-0.2, -0.15) is 0 Å². The molecule has 1 amide bonds. The SMILES string of the molecule is Cc1cc2cc(C(=O)N(Cc3ccc(C4CC4)nc3)Cc3ncccc3C)ccc2nc1N. The lowest BCUT2D eigenvalue weighted by atomic mass is 10.1. The van der Waals surface area contributed by atoms with E-state index in [9.17, 15) is 4.79 Å². The fraction of sp³-hybridized carbons (Fsp3) is 0.259. The molecule has 2 N–H and O–H groups in total. The molecule has 0 atom stereocenters. The number of carbonyl (C=O) groups excluding carboxylic acids is 1. The number of rotatable bonds is 6. The summed E-state index contributed by atoms with van der Waals surface area (Å²) < 4.78 is 0. The summed E-state index contributed by atoms with van der Waals surface area (Å²) in [5, 5.41) is 0.900. The summed E-state index contributed by atoms with van der Waals surface area (Å²) >= 11 is 0. The molecule has 0 spiro atoms. The molecule has 6 heteroatoms. The van der Waals surface area contributed by atoms with Crippen LogP contribution in [0.4, 0.5) is 5.82 Å². The van der Waals surface area contributed by atoms with Crippen molar-refractivity contribution in [2.75, 3.05) is 5.73 Å². The molecule has 6 nitrogen and oxygen atoms in total. The predicted molar refractivity (Wildman–Crippen MR) is 130 cm³/mol. The van der Waals surface area contributed by atoms with Crippen molar-refractivity contribution in [2.45, 2.75) is 45.7 Å². The van der Waals surface area contributed by atoms with Gasteiger partial charge >= 0.3 is 0 Å². The molecule has 0 radical (unpaired) electrons. The number of hydrogen-bond acceptors (Lipinski definition) is 5. The predicted octanol–water partition coefficient (Wildman–Crippen LogP) is 4.94. The van der Waals surface area contributed by atoms with Crippen LogP contribution >= 0.6 is 0 Å². The number of anilines is 1. The van der Waals surface area contributed by atoms with Crippen LogP contribution in [0.3, 0.4) is 0 Å². The smallest absolute Gasteiger partial charge is 0.254 e. The topological polar surface area (TPSA) is 85.0 Å². The van der Waals surface area contributed by atoms with E-state index in [2.05, 4.69) is 27.1 Å². The van der Waals surface area contributed by atoms with Gasteiger partial charge in [-0.1, -0.05) is 12.1 Å². The largest absolute Gasteiger partial charge is 0.383 e. The molecule has 5 rings (SSSR count). The van der Waals surface area contributed by atoms with Crippen molar-refractivity contribution in [3.63, 3.8) is 0 Å². The highest BCUT2D eigenvalue weighted by Gasteiger charge is 2.25. The van der Waals surface area contributed by atoms with E-state index in [1.54, 1.807) is 6.20 Å². The lowest BCUT2D eigenvalue weighted by Crippen LogP contribution is -2.31. The first-order valence-corrected chi connectivity index (χ1v) is 11.3. The molecule has 0 unspecified atom stereocenters. The van der Waals surface area contributed by atoms with Gasteiger partial charge in [-0.3, -0.25) is 14.8 Å². The van der Waals surface area contributed by atoms with Gasteiger partial charge in [-0.05, 0) is 79.8 Å². The molecule has 33 heavy (non-hydrogen) atoms. The highest BCUT2D eigenvalue weighted by Crippen LogP contribution is 2.38. The van der Waals surface area contributed by atoms with Gasteiger partial charge in [-0.15, -0.1) is 0 Å². The Labute approximate surface area is 193 Å². The summed E-state index contributed by atoms with van der Waals surface area (Å²) in [6.07, 6.45) is 6.11. The maximum atomic E-state index is 13.7. The number of fused-ring (bicyclic) bond motifs is 1. The van der Waals surface area contributed by atoms with Gasteiger partial charge in [0.25, 0.3) is 5.91 Å². The zero-order chi connectivity index (χ0) is 22.9. The third kappa shape index (κ3) is 4.55. The van der Waals surface area contributed by atoms with E-state index < -0.39 is 0 Å². The minimum Gasteiger partial charge on any atom is -0.383 e. The average molecular weight is 438 g/mol. The molecule has 1 aliphatic rings. The fourth-order valence-corrected chi connectivity index (χ4v) is 4.05. The number of aromatic nitrogens is 3.